The van der Waals surface area contributed by atoms with Crippen LogP contribution < -0.4 is 4.90 Å². The van der Waals surface area contributed by atoms with Crippen molar-refractivity contribution in [1.29, 1.82) is 0 Å². The summed E-state index contributed by atoms with van der Waals surface area (Å²) in [6.45, 7) is 1.41. The Kier molecular flexibility index (Phi) is 1.60. The molecule has 0 amide bonds. The van der Waals surface area contributed by atoms with Gasteiger partial charge in [0.15, 0.2) is 6.23 Å². The number of halogens is 1. The molecule has 2 aliphatic heterocycles. The van der Waals surface area contributed by atoms with Crippen LogP contribution in [-0.4, -0.2) is 25.2 Å². The second kappa shape index (κ2) is 2.72. The zero-order chi connectivity index (χ0) is 9.71. The van der Waals surface area contributed by atoms with Crippen molar-refractivity contribution in [3.63, 3.8) is 0 Å². The minimum atomic E-state index is -0.400. The SMILES string of the molecule is O=C1c2cc(Cl)ccc2N2CCOC12. The molecular formula is C10H8ClNO2. The molecular weight excluding hydrogens is 202 g/mol. The number of benzene rings is 1. The topological polar surface area (TPSA) is 29.5 Å². The van der Waals surface area contributed by atoms with Gasteiger partial charge in [-0.15, -0.1) is 0 Å². The van der Waals surface area contributed by atoms with Gasteiger partial charge in [0.1, 0.15) is 0 Å². The number of Topliss-reactive ketones (excluding diaryl/α,β-unsaturated/α-hetero) is 1. The molecule has 0 N–H and O–H groups in total. The molecule has 1 atom stereocenters. The smallest absolute Gasteiger partial charge is 0.214 e. The lowest BCUT2D eigenvalue weighted by atomic mass is 10.1. The highest BCUT2D eigenvalue weighted by atomic mass is 35.5. The molecule has 1 saturated heterocycles. The van der Waals surface area contributed by atoms with E-state index in [1.165, 1.54) is 0 Å². The van der Waals surface area contributed by atoms with Crippen molar-refractivity contribution < 1.29 is 9.53 Å². The van der Waals surface area contributed by atoms with Gasteiger partial charge >= 0.3 is 0 Å². The Hall–Kier alpha value is -1.06. The fourth-order valence-electron chi connectivity index (χ4n) is 2.02. The van der Waals surface area contributed by atoms with Crippen LogP contribution in [0.3, 0.4) is 0 Å². The quantitative estimate of drug-likeness (QED) is 0.652. The van der Waals surface area contributed by atoms with Crippen LogP contribution >= 0.6 is 11.6 Å². The fraction of sp³-hybridized carbons (Fsp3) is 0.300. The monoisotopic (exact) mass is 209 g/mol. The molecule has 3 nitrogen and oxygen atoms in total. The Morgan fingerprint density at radius 2 is 2.36 bits per heavy atom. The van der Waals surface area contributed by atoms with E-state index in [0.717, 1.165) is 12.2 Å². The first-order valence-corrected chi connectivity index (χ1v) is 4.87. The molecule has 0 saturated carbocycles. The summed E-state index contributed by atoms with van der Waals surface area (Å²) >= 11 is 5.83. The number of anilines is 1. The van der Waals surface area contributed by atoms with Crippen LogP contribution in [0.15, 0.2) is 18.2 Å². The van der Waals surface area contributed by atoms with Crippen LogP contribution in [0.1, 0.15) is 10.4 Å². The van der Waals surface area contributed by atoms with Gasteiger partial charge in [-0.1, -0.05) is 11.6 Å². The molecule has 0 bridgehead atoms. The van der Waals surface area contributed by atoms with Crippen molar-refractivity contribution in [1.82, 2.24) is 0 Å². The van der Waals surface area contributed by atoms with E-state index in [1.807, 2.05) is 11.0 Å². The molecule has 72 valence electrons. The average Bonchev–Trinajstić information content (AvgIpc) is 2.72. The van der Waals surface area contributed by atoms with E-state index in [2.05, 4.69) is 0 Å². The zero-order valence-electron chi connectivity index (χ0n) is 7.37. The van der Waals surface area contributed by atoms with E-state index in [4.69, 9.17) is 16.3 Å². The molecule has 14 heavy (non-hydrogen) atoms. The number of rotatable bonds is 0. The summed E-state index contributed by atoms with van der Waals surface area (Å²) in [7, 11) is 0. The summed E-state index contributed by atoms with van der Waals surface area (Å²) in [4.78, 5) is 13.8. The van der Waals surface area contributed by atoms with Crippen molar-refractivity contribution in [2.75, 3.05) is 18.1 Å². The highest BCUT2D eigenvalue weighted by Gasteiger charge is 2.41. The van der Waals surface area contributed by atoms with E-state index in [0.29, 0.717) is 17.2 Å². The number of carbonyl (C=O) groups is 1. The number of hydrogen-bond donors (Lipinski definition) is 0. The van der Waals surface area contributed by atoms with Gasteiger partial charge in [-0.25, -0.2) is 0 Å². The molecule has 0 aromatic heterocycles. The summed E-state index contributed by atoms with van der Waals surface area (Å²) in [5, 5.41) is 0.596. The lowest BCUT2D eigenvalue weighted by Crippen LogP contribution is -2.29. The largest absolute Gasteiger partial charge is 0.349 e. The molecule has 2 aliphatic rings. The Morgan fingerprint density at radius 1 is 1.50 bits per heavy atom. The van der Waals surface area contributed by atoms with Crippen molar-refractivity contribution in [2.45, 2.75) is 6.23 Å². The zero-order valence-corrected chi connectivity index (χ0v) is 8.12. The van der Waals surface area contributed by atoms with Gasteiger partial charge < -0.3 is 9.64 Å². The molecule has 0 spiro atoms. The second-order valence-electron chi connectivity index (χ2n) is 3.44. The Bertz CT molecular complexity index is 419. The van der Waals surface area contributed by atoms with Gasteiger partial charge in [0.2, 0.25) is 5.78 Å². The number of carbonyl (C=O) groups excluding carboxylic acids is 1. The molecule has 1 unspecified atom stereocenters. The van der Waals surface area contributed by atoms with Crippen molar-refractivity contribution in [2.24, 2.45) is 0 Å². The molecule has 1 aromatic rings. The van der Waals surface area contributed by atoms with Crippen LogP contribution in [-0.2, 0) is 4.74 Å². The van der Waals surface area contributed by atoms with Crippen molar-refractivity contribution in [3.05, 3.63) is 28.8 Å². The van der Waals surface area contributed by atoms with E-state index in [9.17, 15) is 4.79 Å². The van der Waals surface area contributed by atoms with Crippen molar-refractivity contribution in [3.8, 4) is 0 Å². The predicted molar refractivity (Wildman–Crippen MR) is 52.9 cm³/mol. The van der Waals surface area contributed by atoms with Gasteiger partial charge in [0.25, 0.3) is 0 Å². The predicted octanol–water partition coefficient (Wildman–Crippen LogP) is 1.70. The Labute approximate surface area is 86.2 Å². The van der Waals surface area contributed by atoms with Gasteiger partial charge in [0.05, 0.1) is 12.3 Å². The van der Waals surface area contributed by atoms with E-state index in [1.54, 1.807) is 12.1 Å². The average molecular weight is 210 g/mol. The van der Waals surface area contributed by atoms with Crippen LogP contribution in [0.4, 0.5) is 5.69 Å². The summed E-state index contributed by atoms with van der Waals surface area (Å²) in [6.07, 6.45) is -0.400. The molecule has 0 radical (unpaired) electrons. The molecule has 3 rings (SSSR count). The third-order valence-corrected chi connectivity index (χ3v) is 2.88. The summed E-state index contributed by atoms with van der Waals surface area (Å²) in [5.74, 6) is 0.0278. The first-order chi connectivity index (χ1) is 6.77. The first kappa shape index (κ1) is 8.26. The molecule has 4 heteroatoms. The van der Waals surface area contributed by atoms with Gasteiger partial charge in [-0.05, 0) is 18.2 Å². The lowest BCUT2D eigenvalue weighted by Gasteiger charge is -2.14. The Morgan fingerprint density at radius 3 is 3.21 bits per heavy atom. The molecule has 1 fully saturated rings. The van der Waals surface area contributed by atoms with Gasteiger partial charge in [0, 0.05) is 17.1 Å². The number of ether oxygens (including phenoxy) is 1. The van der Waals surface area contributed by atoms with E-state index < -0.39 is 6.23 Å². The maximum absolute atomic E-state index is 11.8. The summed E-state index contributed by atoms with van der Waals surface area (Å²) in [5.41, 5.74) is 1.63. The van der Waals surface area contributed by atoms with Crippen LogP contribution in [0.5, 0.6) is 0 Å². The fourth-order valence-corrected chi connectivity index (χ4v) is 2.20. The first-order valence-electron chi connectivity index (χ1n) is 4.49. The summed E-state index contributed by atoms with van der Waals surface area (Å²) < 4.78 is 5.34. The standard InChI is InChI=1S/C10H8ClNO2/c11-6-1-2-8-7(5-6)9(13)10-12(8)3-4-14-10/h1-2,5,10H,3-4H2. The number of nitrogens with zero attached hydrogens (tertiary/aromatic N) is 1. The minimum absolute atomic E-state index is 0.0278. The highest BCUT2D eigenvalue weighted by Crippen LogP contribution is 2.36. The van der Waals surface area contributed by atoms with Gasteiger partial charge in [-0.3, -0.25) is 4.79 Å². The molecule has 0 aliphatic carbocycles. The highest BCUT2D eigenvalue weighted by molar-refractivity contribution is 6.31. The second-order valence-corrected chi connectivity index (χ2v) is 3.88. The minimum Gasteiger partial charge on any atom is -0.349 e. The normalized spacial score (nSPS) is 23.9. The third-order valence-electron chi connectivity index (χ3n) is 2.65. The number of hydrogen-bond acceptors (Lipinski definition) is 3. The number of fused-ring (bicyclic) bond motifs is 3. The van der Waals surface area contributed by atoms with Crippen LogP contribution in [0, 0.1) is 0 Å². The third kappa shape index (κ3) is 0.938. The molecule has 2 heterocycles. The molecule has 1 aromatic carbocycles. The lowest BCUT2D eigenvalue weighted by molar-refractivity contribution is 0.0673. The summed E-state index contributed by atoms with van der Waals surface area (Å²) in [6, 6.07) is 5.39. The maximum atomic E-state index is 11.8. The number of ketones is 1. The van der Waals surface area contributed by atoms with Crippen LogP contribution in [0.25, 0.3) is 0 Å². The van der Waals surface area contributed by atoms with E-state index >= 15 is 0 Å². The van der Waals surface area contributed by atoms with Crippen LogP contribution in [0.2, 0.25) is 5.02 Å². The Balaban J connectivity index is 2.17. The van der Waals surface area contributed by atoms with Gasteiger partial charge in [-0.2, -0.15) is 0 Å². The van der Waals surface area contributed by atoms with E-state index in [-0.39, 0.29) is 5.78 Å². The van der Waals surface area contributed by atoms with Crippen molar-refractivity contribution >= 4 is 23.1 Å². The maximum Gasteiger partial charge on any atom is 0.214 e.